The van der Waals surface area contributed by atoms with Crippen LogP contribution in [0.2, 0.25) is 0 Å². The summed E-state index contributed by atoms with van der Waals surface area (Å²) in [5.41, 5.74) is 5.52. The second-order valence-corrected chi connectivity index (χ2v) is 6.09. The van der Waals surface area contributed by atoms with Crippen LogP contribution in [0.3, 0.4) is 0 Å². The summed E-state index contributed by atoms with van der Waals surface area (Å²) in [5, 5.41) is 0.583. The van der Waals surface area contributed by atoms with Crippen molar-refractivity contribution in [3.63, 3.8) is 0 Å². The number of para-hydroxylation sites is 1. The quantitative estimate of drug-likeness (QED) is 0.677. The van der Waals surface area contributed by atoms with Gasteiger partial charge in [0, 0.05) is 11.5 Å². The van der Waals surface area contributed by atoms with E-state index >= 15 is 0 Å². The van der Waals surface area contributed by atoms with Gasteiger partial charge in [0.05, 0.1) is 16.8 Å². The van der Waals surface area contributed by atoms with Gasteiger partial charge in [0.2, 0.25) is 0 Å². The number of fused-ring (bicyclic) bond motifs is 1. The summed E-state index contributed by atoms with van der Waals surface area (Å²) in [6.45, 7) is 3.02. The zero-order valence-corrected chi connectivity index (χ0v) is 15.1. The van der Waals surface area contributed by atoms with Crippen molar-refractivity contribution in [2.75, 3.05) is 0 Å². The van der Waals surface area contributed by atoms with Crippen LogP contribution in [0.25, 0.3) is 10.9 Å². The maximum atomic E-state index is 13.6. The summed E-state index contributed by atoms with van der Waals surface area (Å²) in [6.07, 6.45) is -1.05. The van der Waals surface area contributed by atoms with Crippen molar-refractivity contribution in [3.8, 4) is 5.75 Å². The minimum absolute atomic E-state index is 0.0710. The van der Waals surface area contributed by atoms with E-state index in [-0.39, 0.29) is 11.3 Å². The van der Waals surface area contributed by atoms with Crippen molar-refractivity contribution in [1.29, 1.82) is 0 Å². The Balaban J connectivity index is 1.65. The Hall–Kier alpha value is -3.55. The van der Waals surface area contributed by atoms with Crippen LogP contribution in [0, 0.1) is 18.6 Å². The highest BCUT2D eigenvalue weighted by Gasteiger charge is 2.18. The van der Waals surface area contributed by atoms with Gasteiger partial charge in [0.25, 0.3) is 11.8 Å². The summed E-state index contributed by atoms with van der Waals surface area (Å²) in [6, 6.07) is 11.3. The van der Waals surface area contributed by atoms with Crippen LogP contribution in [0.15, 0.2) is 48.5 Å². The highest BCUT2D eigenvalue weighted by Crippen LogP contribution is 2.18. The van der Waals surface area contributed by atoms with Gasteiger partial charge in [-0.1, -0.05) is 12.1 Å². The van der Waals surface area contributed by atoms with Crippen LogP contribution < -0.4 is 15.6 Å². The molecule has 0 spiro atoms. The highest BCUT2D eigenvalue weighted by molar-refractivity contribution is 5.99. The van der Waals surface area contributed by atoms with Crippen molar-refractivity contribution in [1.82, 2.24) is 15.8 Å². The molecule has 0 aliphatic carbocycles. The fraction of sp³-hybridized carbons (Fsp3) is 0.150. The normalized spacial score (nSPS) is 11.7. The molecule has 1 unspecified atom stereocenters. The lowest BCUT2D eigenvalue weighted by Gasteiger charge is -2.16. The zero-order chi connectivity index (χ0) is 20.3. The van der Waals surface area contributed by atoms with E-state index in [1.165, 1.54) is 43.3 Å². The summed E-state index contributed by atoms with van der Waals surface area (Å²) in [5.74, 6) is -2.35. The molecular formula is C20H17F2N3O3. The van der Waals surface area contributed by atoms with E-state index in [0.29, 0.717) is 16.6 Å². The van der Waals surface area contributed by atoms with Gasteiger partial charge < -0.3 is 4.74 Å². The molecule has 3 rings (SSSR count). The first-order valence-corrected chi connectivity index (χ1v) is 8.43. The molecule has 0 aliphatic rings. The van der Waals surface area contributed by atoms with Crippen LogP contribution in [-0.2, 0) is 4.79 Å². The van der Waals surface area contributed by atoms with Crippen LogP contribution in [0.4, 0.5) is 8.78 Å². The second-order valence-electron chi connectivity index (χ2n) is 6.09. The molecule has 8 heteroatoms. The summed E-state index contributed by atoms with van der Waals surface area (Å²) in [7, 11) is 0. The predicted molar refractivity (Wildman–Crippen MR) is 98.5 cm³/mol. The molecule has 144 valence electrons. The number of nitrogens with zero attached hydrogens (tertiary/aromatic N) is 1. The summed E-state index contributed by atoms with van der Waals surface area (Å²) >= 11 is 0. The maximum Gasteiger partial charge on any atom is 0.279 e. The Labute approximate surface area is 159 Å². The number of nitrogens with one attached hydrogen (secondary N) is 2. The van der Waals surface area contributed by atoms with E-state index in [9.17, 15) is 18.4 Å². The molecule has 2 amide bonds. The lowest BCUT2D eigenvalue weighted by atomic mass is 10.1. The standard InChI is InChI=1S/C20H17F2N3O3/c1-11-15(9-13-7-8-14(21)10-17(13)23-11)20(27)25-24-19(26)12(2)28-18-6-4-3-5-16(18)22/h3-10,12H,1-2H3,(H,24,26)(H,25,27). The molecule has 0 radical (unpaired) electrons. The molecule has 2 aromatic carbocycles. The SMILES string of the molecule is Cc1nc2cc(F)ccc2cc1C(=O)NNC(=O)C(C)Oc1ccccc1F. The Morgan fingerprint density at radius 1 is 1.07 bits per heavy atom. The lowest BCUT2D eigenvalue weighted by Crippen LogP contribution is -2.47. The first-order valence-electron chi connectivity index (χ1n) is 8.43. The molecule has 3 aromatic rings. The van der Waals surface area contributed by atoms with Gasteiger partial charge >= 0.3 is 0 Å². The third-order valence-electron chi connectivity index (χ3n) is 4.02. The topological polar surface area (TPSA) is 80.3 Å². The minimum Gasteiger partial charge on any atom is -0.478 e. The molecule has 1 aromatic heterocycles. The number of rotatable bonds is 4. The molecule has 0 saturated heterocycles. The maximum absolute atomic E-state index is 13.6. The molecule has 0 aliphatic heterocycles. The van der Waals surface area contributed by atoms with E-state index in [2.05, 4.69) is 15.8 Å². The largest absolute Gasteiger partial charge is 0.478 e. The number of hydrogen-bond donors (Lipinski definition) is 2. The first kappa shape index (κ1) is 19.2. The summed E-state index contributed by atoms with van der Waals surface area (Å²) < 4.78 is 32.1. The number of hydrazine groups is 1. The Bertz CT molecular complexity index is 1060. The van der Waals surface area contributed by atoms with Crippen molar-refractivity contribution in [2.24, 2.45) is 0 Å². The van der Waals surface area contributed by atoms with Gasteiger partial charge in [0.15, 0.2) is 17.7 Å². The zero-order valence-electron chi connectivity index (χ0n) is 15.1. The number of pyridine rings is 1. The number of aromatic nitrogens is 1. The average molecular weight is 385 g/mol. The molecule has 0 fully saturated rings. The third kappa shape index (κ3) is 4.22. The van der Waals surface area contributed by atoms with Gasteiger partial charge in [-0.25, -0.2) is 8.78 Å². The number of ether oxygens (including phenoxy) is 1. The highest BCUT2D eigenvalue weighted by atomic mass is 19.1. The van der Waals surface area contributed by atoms with E-state index in [4.69, 9.17) is 4.74 Å². The van der Waals surface area contributed by atoms with Crippen LogP contribution in [-0.4, -0.2) is 22.9 Å². The fourth-order valence-corrected chi connectivity index (χ4v) is 2.54. The number of carbonyl (C=O) groups excluding carboxylic acids is 2. The van der Waals surface area contributed by atoms with E-state index in [0.717, 1.165) is 0 Å². The first-order chi connectivity index (χ1) is 13.3. The van der Waals surface area contributed by atoms with Gasteiger partial charge in [-0.2, -0.15) is 0 Å². The lowest BCUT2D eigenvalue weighted by molar-refractivity contribution is -0.128. The monoisotopic (exact) mass is 385 g/mol. The van der Waals surface area contributed by atoms with E-state index < -0.39 is 29.6 Å². The molecule has 0 bridgehead atoms. The molecule has 2 N–H and O–H groups in total. The third-order valence-corrected chi connectivity index (χ3v) is 4.02. The predicted octanol–water partition coefficient (Wildman–Crippen LogP) is 3.05. The number of halogens is 2. The Kier molecular flexibility index (Phi) is 5.49. The van der Waals surface area contributed by atoms with Crippen LogP contribution in [0.1, 0.15) is 23.0 Å². The fourth-order valence-electron chi connectivity index (χ4n) is 2.54. The number of carbonyl (C=O) groups is 2. The number of hydrogen-bond acceptors (Lipinski definition) is 4. The molecular weight excluding hydrogens is 368 g/mol. The Morgan fingerprint density at radius 2 is 1.82 bits per heavy atom. The molecule has 1 heterocycles. The van der Waals surface area contributed by atoms with Crippen LogP contribution in [0.5, 0.6) is 5.75 Å². The molecule has 0 saturated carbocycles. The van der Waals surface area contributed by atoms with Crippen molar-refractivity contribution in [3.05, 3.63) is 71.4 Å². The van der Waals surface area contributed by atoms with Gasteiger partial charge in [0.1, 0.15) is 5.82 Å². The molecule has 1 atom stereocenters. The van der Waals surface area contributed by atoms with Crippen molar-refractivity contribution in [2.45, 2.75) is 20.0 Å². The van der Waals surface area contributed by atoms with Gasteiger partial charge in [-0.3, -0.25) is 25.4 Å². The average Bonchev–Trinajstić information content (AvgIpc) is 2.66. The Morgan fingerprint density at radius 3 is 2.57 bits per heavy atom. The van der Waals surface area contributed by atoms with Crippen LogP contribution >= 0.6 is 0 Å². The summed E-state index contributed by atoms with van der Waals surface area (Å²) in [4.78, 5) is 28.7. The van der Waals surface area contributed by atoms with E-state index in [1.54, 1.807) is 19.1 Å². The van der Waals surface area contributed by atoms with E-state index in [1.807, 2.05) is 0 Å². The second kappa shape index (κ2) is 7.99. The van der Waals surface area contributed by atoms with Gasteiger partial charge in [-0.15, -0.1) is 0 Å². The van der Waals surface area contributed by atoms with Gasteiger partial charge in [-0.05, 0) is 44.2 Å². The smallest absolute Gasteiger partial charge is 0.279 e. The number of amides is 2. The number of aryl methyl sites for hydroxylation is 1. The van der Waals surface area contributed by atoms with Crippen molar-refractivity contribution >= 4 is 22.7 Å². The molecule has 28 heavy (non-hydrogen) atoms. The molecule has 6 nitrogen and oxygen atoms in total. The minimum atomic E-state index is -1.05. The van der Waals surface area contributed by atoms with Crippen molar-refractivity contribution < 1.29 is 23.1 Å². The number of benzene rings is 2.